The second-order valence-corrected chi connectivity index (χ2v) is 5.44. The molecule has 1 aromatic heterocycles. The third-order valence-electron chi connectivity index (χ3n) is 2.56. The van der Waals surface area contributed by atoms with Crippen molar-refractivity contribution in [1.29, 1.82) is 0 Å². The number of benzene rings is 1. The van der Waals surface area contributed by atoms with E-state index in [4.69, 9.17) is 11.6 Å². The molecule has 0 aliphatic rings. The molecule has 1 amide bonds. The van der Waals surface area contributed by atoms with E-state index < -0.39 is 0 Å². The van der Waals surface area contributed by atoms with Crippen LogP contribution >= 0.6 is 23.4 Å². The van der Waals surface area contributed by atoms with E-state index >= 15 is 0 Å². The van der Waals surface area contributed by atoms with Crippen LogP contribution in [0.5, 0.6) is 0 Å². The van der Waals surface area contributed by atoms with Crippen molar-refractivity contribution in [3.8, 4) is 0 Å². The van der Waals surface area contributed by atoms with E-state index in [9.17, 15) is 4.79 Å². The lowest BCUT2D eigenvalue weighted by atomic mass is 10.2. The lowest BCUT2D eigenvalue weighted by Gasteiger charge is -2.04. The first-order valence-electron chi connectivity index (χ1n) is 6.19. The number of anilines is 1. The molecular weight excluding hydrogens is 294 g/mol. The molecule has 0 unspecified atom stereocenters. The number of nitrogens with zero attached hydrogens (tertiary/aromatic N) is 2. The van der Waals surface area contributed by atoms with Crippen molar-refractivity contribution in [2.24, 2.45) is 0 Å². The van der Waals surface area contributed by atoms with Crippen LogP contribution in [0.3, 0.4) is 0 Å². The Morgan fingerprint density at radius 2 is 2.05 bits per heavy atom. The van der Waals surface area contributed by atoms with E-state index in [1.165, 1.54) is 0 Å². The standard InChI is InChI=1S/C14H14ClN3OS/c1-2-13(19)16-12-7-8-14(18-17-12)20-9-10-5-3-4-6-11(10)15/h3-8H,2,9H2,1H3,(H,16,17,19). The Morgan fingerprint density at radius 1 is 1.25 bits per heavy atom. The minimum Gasteiger partial charge on any atom is -0.309 e. The highest BCUT2D eigenvalue weighted by Crippen LogP contribution is 2.25. The van der Waals surface area contributed by atoms with Gasteiger partial charge in [0.15, 0.2) is 5.82 Å². The topological polar surface area (TPSA) is 54.9 Å². The lowest BCUT2D eigenvalue weighted by molar-refractivity contribution is -0.115. The van der Waals surface area contributed by atoms with E-state index in [-0.39, 0.29) is 5.91 Å². The number of thioether (sulfide) groups is 1. The Hall–Kier alpha value is -1.59. The summed E-state index contributed by atoms with van der Waals surface area (Å²) in [5.41, 5.74) is 1.06. The number of hydrogen-bond acceptors (Lipinski definition) is 4. The Morgan fingerprint density at radius 3 is 2.70 bits per heavy atom. The van der Waals surface area contributed by atoms with Gasteiger partial charge in [-0.25, -0.2) is 0 Å². The minimum atomic E-state index is -0.0734. The average molecular weight is 308 g/mol. The van der Waals surface area contributed by atoms with Gasteiger partial charge in [0, 0.05) is 17.2 Å². The molecule has 0 radical (unpaired) electrons. The summed E-state index contributed by atoms with van der Waals surface area (Å²) in [7, 11) is 0. The van der Waals surface area contributed by atoms with Gasteiger partial charge >= 0.3 is 0 Å². The van der Waals surface area contributed by atoms with Crippen LogP contribution in [-0.4, -0.2) is 16.1 Å². The highest BCUT2D eigenvalue weighted by Gasteiger charge is 2.04. The van der Waals surface area contributed by atoms with Gasteiger partial charge in [0.2, 0.25) is 5.91 Å². The molecule has 0 aliphatic carbocycles. The fourth-order valence-electron chi connectivity index (χ4n) is 1.46. The summed E-state index contributed by atoms with van der Waals surface area (Å²) in [4.78, 5) is 11.2. The monoisotopic (exact) mass is 307 g/mol. The molecule has 2 aromatic rings. The van der Waals surface area contributed by atoms with Gasteiger partial charge in [-0.15, -0.1) is 10.2 Å². The van der Waals surface area contributed by atoms with E-state index in [1.54, 1.807) is 24.8 Å². The van der Waals surface area contributed by atoms with Crippen LogP contribution in [0.4, 0.5) is 5.82 Å². The molecule has 4 nitrogen and oxygen atoms in total. The molecule has 1 N–H and O–H groups in total. The quantitative estimate of drug-likeness (QED) is 0.854. The predicted octanol–water partition coefficient (Wildman–Crippen LogP) is 3.77. The summed E-state index contributed by atoms with van der Waals surface area (Å²) in [6, 6.07) is 11.3. The Labute approximate surface area is 126 Å². The molecule has 104 valence electrons. The first kappa shape index (κ1) is 14.8. The molecule has 0 saturated heterocycles. The summed E-state index contributed by atoms with van der Waals surface area (Å²) in [6.45, 7) is 1.79. The molecule has 0 saturated carbocycles. The van der Waals surface area contributed by atoms with Crippen LogP contribution in [0.25, 0.3) is 0 Å². The highest BCUT2D eigenvalue weighted by molar-refractivity contribution is 7.98. The summed E-state index contributed by atoms with van der Waals surface area (Å²) in [5, 5.41) is 12.2. The van der Waals surface area contributed by atoms with Crippen LogP contribution in [0.1, 0.15) is 18.9 Å². The second-order valence-electron chi connectivity index (χ2n) is 4.04. The van der Waals surface area contributed by atoms with Crippen molar-refractivity contribution in [2.45, 2.75) is 24.1 Å². The first-order valence-corrected chi connectivity index (χ1v) is 7.55. The largest absolute Gasteiger partial charge is 0.309 e. The number of halogens is 1. The molecule has 2 rings (SSSR count). The number of amides is 1. The van der Waals surface area contributed by atoms with Gasteiger partial charge in [-0.2, -0.15) is 0 Å². The molecule has 6 heteroatoms. The summed E-state index contributed by atoms with van der Waals surface area (Å²) >= 11 is 7.64. The minimum absolute atomic E-state index is 0.0734. The molecule has 0 aliphatic heterocycles. The smallest absolute Gasteiger partial charge is 0.225 e. The van der Waals surface area contributed by atoms with E-state index in [0.29, 0.717) is 12.2 Å². The van der Waals surface area contributed by atoms with Gasteiger partial charge in [0.1, 0.15) is 5.03 Å². The molecule has 20 heavy (non-hydrogen) atoms. The molecular formula is C14H14ClN3OS. The Bertz CT molecular complexity index is 589. The second kappa shape index (κ2) is 7.26. The van der Waals surface area contributed by atoms with Crippen molar-refractivity contribution < 1.29 is 4.79 Å². The van der Waals surface area contributed by atoms with Crippen LogP contribution in [0.15, 0.2) is 41.4 Å². The SMILES string of the molecule is CCC(=O)Nc1ccc(SCc2ccccc2Cl)nn1. The van der Waals surface area contributed by atoms with Gasteiger partial charge in [0.25, 0.3) is 0 Å². The molecule has 0 atom stereocenters. The van der Waals surface area contributed by atoms with E-state index in [1.807, 2.05) is 30.3 Å². The fourth-order valence-corrected chi connectivity index (χ4v) is 2.56. The zero-order valence-electron chi connectivity index (χ0n) is 11.0. The van der Waals surface area contributed by atoms with Gasteiger partial charge < -0.3 is 5.32 Å². The average Bonchev–Trinajstić information content (AvgIpc) is 2.48. The third kappa shape index (κ3) is 4.21. The Kier molecular flexibility index (Phi) is 5.38. The van der Waals surface area contributed by atoms with Crippen molar-refractivity contribution in [3.05, 3.63) is 47.0 Å². The third-order valence-corrected chi connectivity index (χ3v) is 3.90. The number of carbonyl (C=O) groups is 1. The fraction of sp³-hybridized carbons (Fsp3) is 0.214. The number of nitrogens with one attached hydrogen (secondary N) is 1. The zero-order valence-corrected chi connectivity index (χ0v) is 12.5. The number of hydrogen-bond donors (Lipinski definition) is 1. The van der Waals surface area contributed by atoms with Crippen molar-refractivity contribution >= 4 is 35.1 Å². The maximum atomic E-state index is 11.2. The van der Waals surface area contributed by atoms with Gasteiger partial charge in [-0.3, -0.25) is 4.79 Å². The normalized spacial score (nSPS) is 10.3. The highest BCUT2D eigenvalue weighted by atomic mass is 35.5. The number of aromatic nitrogens is 2. The van der Waals surface area contributed by atoms with Gasteiger partial charge in [-0.05, 0) is 23.8 Å². The summed E-state index contributed by atoms with van der Waals surface area (Å²) < 4.78 is 0. The van der Waals surface area contributed by atoms with Crippen molar-refractivity contribution in [1.82, 2.24) is 10.2 Å². The summed E-state index contributed by atoms with van der Waals surface area (Å²) in [5.74, 6) is 1.13. The number of carbonyl (C=O) groups excluding carboxylic acids is 1. The first-order chi connectivity index (χ1) is 9.69. The lowest BCUT2D eigenvalue weighted by Crippen LogP contribution is -2.11. The van der Waals surface area contributed by atoms with Crippen molar-refractivity contribution in [3.63, 3.8) is 0 Å². The van der Waals surface area contributed by atoms with E-state index in [0.717, 1.165) is 21.4 Å². The molecule has 1 heterocycles. The molecule has 0 spiro atoms. The maximum Gasteiger partial charge on any atom is 0.225 e. The van der Waals surface area contributed by atoms with Gasteiger partial charge in [0.05, 0.1) is 0 Å². The van der Waals surface area contributed by atoms with E-state index in [2.05, 4.69) is 15.5 Å². The van der Waals surface area contributed by atoms with Crippen LogP contribution in [-0.2, 0) is 10.5 Å². The molecule has 0 fully saturated rings. The number of rotatable bonds is 5. The summed E-state index contributed by atoms with van der Waals surface area (Å²) in [6.07, 6.45) is 0.421. The zero-order chi connectivity index (χ0) is 14.4. The molecule has 0 bridgehead atoms. The van der Waals surface area contributed by atoms with Crippen LogP contribution in [0, 0.1) is 0 Å². The molecule has 1 aromatic carbocycles. The van der Waals surface area contributed by atoms with Crippen LogP contribution < -0.4 is 5.32 Å². The van der Waals surface area contributed by atoms with Crippen molar-refractivity contribution in [2.75, 3.05) is 5.32 Å². The maximum absolute atomic E-state index is 11.2. The van der Waals surface area contributed by atoms with Crippen LogP contribution in [0.2, 0.25) is 5.02 Å². The Balaban J connectivity index is 1.94. The van der Waals surface area contributed by atoms with Gasteiger partial charge in [-0.1, -0.05) is 48.5 Å². The predicted molar refractivity (Wildman–Crippen MR) is 82.0 cm³/mol.